The molecule has 0 heterocycles. The van der Waals surface area contributed by atoms with Gasteiger partial charge in [0.1, 0.15) is 0 Å². The van der Waals surface area contributed by atoms with Gasteiger partial charge in [-0.05, 0) is 59.5 Å². The minimum absolute atomic E-state index is 0.135. The number of carbonyl (C=O) groups is 1. The third kappa shape index (κ3) is 6.34. The number of hydrogen-bond acceptors (Lipinski definition) is 3. The van der Waals surface area contributed by atoms with E-state index in [1.807, 2.05) is 31.2 Å². The van der Waals surface area contributed by atoms with Crippen molar-refractivity contribution in [3.05, 3.63) is 63.6 Å². The van der Waals surface area contributed by atoms with Gasteiger partial charge in [-0.15, -0.1) is 0 Å². The van der Waals surface area contributed by atoms with Crippen LogP contribution in [0.1, 0.15) is 18.9 Å². The molecule has 6 heteroatoms. The number of nitrogens with zero attached hydrogens (tertiary/aromatic N) is 1. The first-order chi connectivity index (χ1) is 11.5. The van der Waals surface area contributed by atoms with Crippen molar-refractivity contribution in [1.82, 2.24) is 5.43 Å². The number of aryl methyl sites for hydroxylation is 1. The second-order valence-corrected chi connectivity index (χ2v) is 6.64. The molecule has 0 saturated heterocycles. The summed E-state index contributed by atoms with van der Waals surface area (Å²) in [5.74, 6) is -0.198. The molecular weight excluding hydrogens is 390 g/mol. The van der Waals surface area contributed by atoms with Crippen molar-refractivity contribution in [2.24, 2.45) is 5.10 Å². The second-order valence-electron chi connectivity index (χ2n) is 5.35. The molecule has 0 aromatic heterocycles. The zero-order valence-electron chi connectivity index (χ0n) is 13.4. The lowest BCUT2D eigenvalue weighted by molar-refractivity contribution is -0.119. The van der Waals surface area contributed by atoms with Gasteiger partial charge in [-0.2, -0.15) is 5.10 Å². The van der Waals surface area contributed by atoms with Crippen molar-refractivity contribution in [2.45, 2.75) is 19.8 Å². The van der Waals surface area contributed by atoms with Gasteiger partial charge in [0, 0.05) is 20.9 Å². The van der Waals surface area contributed by atoms with Crippen LogP contribution in [0, 0.1) is 0 Å². The summed E-state index contributed by atoms with van der Waals surface area (Å²) in [6.45, 7) is 2.04. The average Bonchev–Trinajstić information content (AvgIpc) is 2.58. The van der Waals surface area contributed by atoms with E-state index < -0.39 is 0 Å². The van der Waals surface area contributed by atoms with Crippen molar-refractivity contribution in [1.29, 1.82) is 0 Å². The molecule has 0 aliphatic heterocycles. The number of hydrazone groups is 1. The lowest BCUT2D eigenvalue weighted by atomic mass is 10.1. The van der Waals surface area contributed by atoms with E-state index in [0.717, 1.165) is 28.7 Å². The van der Waals surface area contributed by atoms with Crippen molar-refractivity contribution >= 4 is 44.8 Å². The van der Waals surface area contributed by atoms with Crippen LogP contribution in [0.15, 0.2) is 58.1 Å². The maximum atomic E-state index is 11.9. The van der Waals surface area contributed by atoms with Crippen molar-refractivity contribution in [3.8, 4) is 0 Å². The predicted molar refractivity (Wildman–Crippen MR) is 104 cm³/mol. The van der Waals surface area contributed by atoms with Crippen LogP contribution in [0.5, 0.6) is 0 Å². The predicted octanol–water partition coefficient (Wildman–Crippen LogP) is 4.64. The van der Waals surface area contributed by atoms with Crippen molar-refractivity contribution < 1.29 is 4.79 Å². The normalized spacial score (nSPS) is 11.2. The number of carbonyl (C=O) groups excluding carboxylic acids is 1. The van der Waals surface area contributed by atoms with Gasteiger partial charge in [0.2, 0.25) is 0 Å². The third-order valence-electron chi connectivity index (χ3n) is 3.36. The van der Waals surface area contributed by atoms with E-state index in [1.54, 1.807) is 12.1 Å². The molecule has 126 valence electrons. The van der Waals surface area contributed by atoms with Gasteiger partial charge in [0.25, 0.3) is 5.91 Å². The van der Waals surface area contributed by atoms with Gasteiger partial charge in [-0.25, -0.2) is 5.43 Å². The molecule has 0 fully saturated rings. The number of amides is 1. The molecule has 2 rings (SSSR count). The Morgan fingerprint density at radius 2 is 1.96 bits per heavy atom. The highest BCUT2D eigenvalue weighted by atomic mass is 79.9. The van der Waals surface area contributed by atoms with Gasteiger partial charge in [-0.1, -0.05) is 41.9 Å². The molecular formula is C18H19BrClN3O. The van der Waals surface area contributed by atoms with Crippen LogP contribution >= 0.6 is 27.5 Å². The largest absolute Gasteiger partial charge is 0.375 e. The average molecular weight is 409 g/mol. The van der Waals surface area contributed by atoms with Gasteiger partial charge in [0.05, 0.1) is 6.54 Å². The summed E-state index contributed by atoms with van der Waals surface area (Å²) >= 11 is 9.28. The van der Waals surface area contributed by atoms with E-state index in [-0.39, 0.29) is 12.5 Å². The van der Waals surface area contributed by atoms with E-state index >= 15 is 0 Å². The van der Waals surface area contributed by atoms with Crippen molar-refractivity contribution in [2.75, 3.05) is 11.9 Å². The fourth-order valence-electron chi connectivity index (χ4n) is 2.03. The van der Waals surface area contributed by atoms with Crippen molar-refractivity contribution in [3.63, 3.8) is 0 Å². The summed E-state index contributed by atoms with van der Waals surface area (Å²) in [5, 5.41) is 7.80. The van der Waals surface area contributed by atoms with Gasteiger partial charge in [-0.3, -0.25) is 4.79 Å². The molecule has 0 unspecified atom stereocenters. The molecule has 24 heavy (non-hydrogen) atoms. The Hall–Kier alpha value is -1.85. The van der Waals surface area contributed by atoms with Crippen LogP contribution in [0.2, 0.25) is 5.02 Å². The summed E-state index contributed by atoms with van der Waals surface area (Å²) in [4.78, 5) is 11.9. The molecule has 0 atom stereocenters. The Kier molecular flexibility index (Phi) is 7.28. The summed E-state index contributed by atoms with van der Waals surface area (Å²) < 4.78 is 0.811. The Bertz CT molecular complexity index is 719. The number of rotatable bonds is 7. The maximum Gasteiger partial charge on any atom is 0.259 e. The highest BCUT2D eigenvalue weighted by Gasteiger charge is 2.04. The summed E-state index contributed by atoms with van der Waals surface area (Å²) in [6.07, 6.45) is 1.71. The van der Waals surface area contributed by atoms with Crippen LogP contribution in [0.25, 0.3) is 0 Å². The third-order valence-corrected chi connectivity index (χ3v) is 4.25. The van der Waals surface area contributed by atoms with Gasteiger partial charge in [0.15, 0.2) is 0 Å². The van der Waals surface area contributed by atoms with Crippen LogP contribution in [-0.2, 0) is 11.2 Å². The van der Waals surface area contributed by atoms with E-state index in [2.05, 4.69) is 43.9 Å². The highest BCUT2D eigenvalue weighted by Crippen LogP contribution is 2.25. The topological polar surface area (TPSA) is 53.5 Å². The first-order valence-electron chi connectivity index (χ1n) is 7.59. The Morgan fingerprint density at radius 3 is 2.67 bits per heavy atom. The van der Waals surface area contributed by atoms with Crippen LogP contribution < -0.4 is 10.7 Å². The maximum absolute atomic E-state index is 11.9. The molecule has 2 N–H and O–H groups in total. The zero-order chi connectivity index (χ0) is 17.4. The van der Waals surface area contributed by atoms with E-state index in [1.165, 1.54) is 5.56 Å². The fraction of sp³-hybridized carbons (Fsp3) is 0.222. The number of hydrogen-bond donors (Lipinski definition) is 2. The molecule has 0 aliphatic carbocycles. The monoisotopic (exact) mass is 407 g/mol. The molecule has 1 amide bonds. The molecule has 0 radical (unpaired) electrons. The van der Waals surface area contributed by atoms with Gasteiger partial charge < -0.3 is 5.32 Å². The lowest BCUT2D eigenvalue weighted by Gasteiger charge is -2.08. The Balaban J connectivity index is 1.75. The minimum Gasteiger partial charge on any atom is -0.375 e. The number of nitrogens with one attached hydrogen (secondary N) is 2. The van der Waals surface area contributed by atoms with Gasteiger partial charge >= 0.3 is 0 Å². The molecule has 0 spiro atoms. The van der Waals surface area contributed by atoms with E-state index in [9.17, 15) is 4.79 Å². The van der Waals surface area contributed by atoms with Crippen LogP contribution in [-0.4, -0.2) is 18.2 Å². The van der Waals surface area contributed by atoms with Crippen LogP contribution in [0.4, 0.5) is 5.69 Å². The SMILES string of the molecule is C/C(CCc1ccccc1)=N/NC(=O)CNc1ccc(Cl)cc1Br. The summed E-state index contributed by atoms with van der Waals surface area (Å²) in [7, 11) is 0. The minimum atomic E-state index is -0.198. The molecule has 0 aliphatic rings. The molecule has 0 bridgehead atoms. The number of anilines is 1. The fourth-order valence-corrected chi connectivity index (χ4v) is 2.85. The van der Waals surface area contributed by atoms with E-state index in [4.69, 9.17) is 11.6 Å². The highest BCUT2D eigenvalue weighted by molar-refractivity contribution is 9.10. The van der Waals surface area contributed by atoms with Crippen LogP contribution in [0.3, 0.4) is 0 Å². The Labute approximate surface area is 155 Å². The quantitative estimate of drug-likeness (QED) is 0.518. The Morgan fingerprint density at radius 1 is 1.21 bits per heavy atom. The molecule has 4 nitrogen and oxygen atoms in total. The zero-order valence-corrected chi connectivity index (χ0v) is 15.7. The molecule has 0 saturated carbocycles. The number of benzene rings is 2. The molecule has 2 aromatic rings. The summed E-state index contributed by atoms with van der Waals surface area (Å²) in [6, 6.07) is 15.5. The standard InChI is InChI=1S/C18H19BrClN3O/c1-13(7-8-14-5-3-2-4-6-14)22-23-18(24)12-21-17-10-9-15(20)11-16(17)19/h2-6,9-11,21H,7-8,12H2,1H3,(H,23,24)/b22-13-. The second kappa shape index (κ2) is 9.45. The number of halogens is 2. The lowest BCUT2D eigenvalue weighted by Crippen LogP contribution is -2.26. The smallest absolute Gasteiger partial charge is 0.259 e. The first-order valence-corrected chi connectivity index (χ1v) is 8.76. The first kappa shape index (κ1) is 18.5. The summed E-state index contributed by atoms with van der Waals surface area (Å²) in [5.41, 5.74) is 5.52. The van der Waals surface area contributed by atoms with E-state index in [0.29, 0.717) is 5.02 Å². The molecule has 2 aromatic carbocycles.